The molecule has 0 aliphatic carbocycles. The number of aromatic nitrogens is 4. The van der Waals surface area contributed by atoms with Crippen LogP contribution in [0.3, 0.4) is 0 Å². The number of hydrogen-bond acceptors (Lipinski definition) is 5. The zero-order chi connectivity index (χ0) is 18.1. The normalized spacial score (nSPS) is 11.0. The average molecular weight is 363 g/mol. The van der Waals surface area contributed by atoms with Gasteiger partial charge in [-0.05, 0) is 36.6 Å². The zero-order valence-electron chi connectivity index (χ0n) is 14.4. The third-order valence-corrected chi connectivity index (χ3v) is 4.93. The van der Waals surface area contributed by atoms with E-state index in [0.717, 1.165) is 21.3 Å². The highest BCUT2D eigenvalue weighted by Crippen LogP contribution is 2.29. The number of hydrogen-bond donors (Lipinski definition) is 1. The topological polar surface area (TPSA) is 72.7 Å². The summed E-state index contributed by atoms with van der Waals surface area (Å²) in [6, 6.07) is 14.1. The predicted molar refractivity (Wildman–Crippen MR) is 103 cm³/mol. The number of anilines is 1. The lowest BCUT2D eigenvalue weighted by molar-refractivity contribution is 0.102. The minimum Gasteiger partial charge on any atom is -0.296 e. The van der Waals surface area contributed by atoms with Crippen molar-refractivity contribution in [2.24, 2.45) is 0 Å². The van der Waals surface area contributed by atoms with Gasteiger partial charge in [0.05, 0.1) is 23.0 Å². The average Bonchev–Trinajstić information content (AvgIpc) is 3.22. The van der Waals surface area contributed by atoms with E-state index in [9.17, 15) is 4.79 Å². The van der Waals surface area contributed by atoms with Crippen LogP contribution in [0, 0.1) is 13.8 Å². The molecule has 1 N–H and O–H groups in total. The lowest BCUT2D eigenvalue weighted by Gasteiger charge is -1.99. The Balaban J connectivity index is 1.51. The van der Waals surface area contributed by atoms with E-state index >= 15 is 0 Å². The molecular formula is C19H17N5OS. The number of nitrogens with one attached hydrogen (secondary N) is 1. The molecule has 0 saturated carbocycles. The Morgan fingerprint density at radius 3 is 2.81 bits per heavy atom. The minimum atomic E-state index is -0.308. The van der Waals surface area contributed by atoms with Gasteiger partial charge in [-0.2, -0.15) is 0 Å². The molecule has 0 unspecified atom stereocenters. The highest BCUT2D eigenvalue weighted by Gasteiger charge is 2.14. The van der Waals surface area contributed by atoms with Crippen molar-refractivity contribution in [3.63, 3.8) is 0 Å². The number of rotatable bonds is 4. The zero-order valence-corrected chi connectivity index (χ0v) is 15.2. The monoisotopic (exact) mass is 363 g/mol. The Kier molecular flexibility index (Phi) is 4.22. The molecule has 7 heteroatoms. The summed E-state index contributed by atoms with van der Waals surface area (Å²) in [5, 5.41) is 11.4. The van der Waals surface area contributed by atoms with Crippen molar-refractivity contribution in [3.8, 4) is 0 Å². The molecule has 4 rings (SSSR count). The fourth-order valence-electron chi connectivity index (χ4n) is 2.84. The van der Waals surface area contributed by atoms with Gasteiger partial charge in [0.25, 0.3) is 5.91 Å². The highest BCUT2D eigenvalue weighted by molar-refractivity contribution is 7.22. The van der Waals surface area contributed by atoms with Crippen LogP contribution in [0.4, 0.5) is 5.13 Å². The molecule has 0 fully saturated rings. The van der Waals surface area contributed by atoms with E-state index in [4.69, 9.17) is 0 Å². The number of carbonyl (C=O) groups is 1. The summed E-state index contributed by atoms with van der Waals surface area (Å²) in [6.45, 7) is 4.64. The summed E-state index contributed by atoms with van der Waals surface area (Å²) in [5.74, 6) is -0.308. The molecule has 6 nitrogen and oxygen atoms in total. The fraction of sp³-hybridized carbons (Fsp3) is 0.158. The van der Waals surface area contributed by atoms with E-state index in [1.54, 1.807) is 10.9 Å². The Morgan fingerprint density at radius 2 is 2.00 bits per heavy atom. The molecule has 0 aliphatic heterocycles. The maximum Gasteiger partial charge on any atom is 0.279 e. The SMILES string of the molecule is Cc1cc(C)c2nc(NC(=O)c3cn(Cc4ccccc4)nn3)sc2c1. The number of fused-ring (bicyclic) bond motifs is 1. The first-order chi connectivity index (χ1) is 12.6. The summed E-state index contributed by atoms with van der Waals surface area (Å²) >= 11 is 1.46. The van der Waals surface area contributed by atoms with E-state index in [0.29, 0.717) is 11.7 Å². The molecule has 130 valence electrons. The van der Waals surface area contributed by atoms with Gasteiger partial charge in [-0.25, -0.2) is 9.67 Å². The van der Waals surface area contributed by atoms with Crippen LogP contribution < -0.4 is 5.32 Å². The molecule has 26 heavy (non-hydrogen) atoms. The highest BCUT2D eigenvalue weighted by atomic mass is 32.1. The van der Waals surface area contributed by atoms with Crippen LogP contribution in [0.25, 0.3) is 10.2 Å². The van der Waals surface area contributed by atoms with Crippen molar-refractivity contribution in [1.29, 1.82) is 0 Å². The molecule has 2 heterocycles. The molecule has 4 aromatic rings. The molecule has 0 saturated heterocycles. The summed E-state index contributed by atoms with van der Waals surface area (Å²) in [6.07, 6.45) is 1.64. The summed E-state index contributed by atoms with van der Waals surface area (Å²) in [7, 11) is 0. The molecule has 0 spiro atoms. The van der Waals surface area contributed by atoms with E-state index in [1.165, 1.54) is 16.9 Å². The molecule has 0 bridgehead atoms. The number of nitrogens with zero attached hydrogens (tertiary/aromatic N) is 4. The van der Waals surface area contributed by atoms with Gasteiger partial charge < -0.3 is 0 Å². The van der Waals surface area contributed by atoms with Crippen LogP contribution in [0.5, 0.6) is 0 Å². The number of aryl methyl sites for hydroxylation is 2. The molecule has 0 radical (unpaired) electrons. The summed E-state index contributed by atoms with van der Waals surface area (Å²) in [4.78, 5) is 17.0. The largest absolute Gasteiger partial charge is 0.296 e. The van der Waals surface area contributed by atoms with Gasteiger partial charge in [0.2, 0.25) is 0 Å². The van der Waals surface area contributed by atoms with Gasteiger partial charge in [-0.15, -0.1) is 5.10 Å². The van der Waals surface area contributed by atoms with Crippen LogP contribution in [0.15, 0.2) is 48.7 Å². The Bertz CT molecular complexity index is 1080. The van der Waals surface area contributed by atoms with Crippen LogP contribution in [0.1, 0.15) is 27.2 Å². The van der Waals surface area contributed by atoms with Gasteiger partial charge in [-0.3, -0.25) is 10.1 Å². The number of carbonyl (C=O) groups excluding carboxylic acids is 1. The second-order valence-corrected chi connectivity index (χ2v) is 7.22. The van der Waals surface area contributed by atoms with Crippen molar-refractivity contribution >= 4 is 32.6 Å². The van der Waals surface area contributed by atoms with Crippen molar-refractivity contribution in [2.75, 3.05) is 5.32 Å². The summed E-state index contributed by atoms with van der Waals surface area (Å²) < 4.78 is 2.71. The first kappa shape index (κ1) is 16.4. The Morgan fingerprint density at radius 1 is 1.19 bits per heavy atom. The van der Waals surface area contributed by atoms with Crippen LogP contribution >= 0.6 is 11.3 Å². The quantitative estimate of drug-likeness (QED) is 0.598. The fourth-order valence-corrected chi connectivity index (χ4v) is 3.87. The predicted octanol–water partition coefficient (Wildman–Crippen LogP) is 3.81. The van der Waals surface area contributed by atoms with E-state index in [-0.39, 0.29) is 11.6 Å². The maximum absolute atomic E-state index is 12.4. The Labute approximate surface area is 154 Å². The smallest absolute Gasteiger partial charge is 0.279 e. The van der Waals surface area contributed by atoms with Crippen molar-refractivity contribution in [2.45, 2.75) is 20.4 Å². The van der Waals surface area contributed by atoms with E-state index in [2.05, 4.69) is 39.7 Å². The van der Waals surface area contributed by atoms with E-state index in [1.807, 2.05) is 37.3 Å². The first-order valence-corrected chi connectivity index (χ1v) is 9.03. The molecular weight excluding hydrogens is 346 g/mol. The van der Waals surface area contributed by atoms with Gasteiger partial charge >= 0.3 is 0 Å². The van der Waals surface area contributed by atoms with Gasteiger partial charge in [0.1, 0.15) is 0 Å². The van der Waals surface area contributed by atoms with Crippen molar-refractivity contribution in [3.05, 3.63) is 71.0 Å². The molecule has 0 atom stereocenters. The van der Waals surface area contributed by atoms with Crippen LogP contribution in [0.2, 0.25) is 0 Å². The minimum absolute atomic E-state index is 0.271. The van der Waals surface area contributed by atoms with Gasteiger partial charge in [0, 0.05) is 0 Å². The maximum atomic E-state index is 12.4. The second kappa shape index (κ2) is 6.68. The summed E-state index contributed by atoms with van der Waals surface area (Å²) in [5.41, 5.74) is 4.57. The lowest BCUT2D eigenvalue weighted by Crippen LogP contribution is -2.12. The second-order valence-electron chi connectivity index (χ2n) is 6.19. The van der Waals surface area contributed by atoms with Crippen molar-refractivity contribution < 1.29 is 4.79 Å². The molecule has 2 aromatic heterocycles. The standard InChI is InChI=1S/C19H17N5OS/c1-12-8-13(2)17-16(9-12)26-19(20-17)21-18(25)15-11-24(23-22-15)10-14-6-4-3-5-7-14/h3-9,11H,10H2,1-2H3,(H,20,21,25). The van der Waals surface area contributed by atoms with Crippen LogP contribution in [-0.2, 0) is 6.54 Å². The van der Waals surface area contributed by atoms with E-state index < -0.39 is 0 Å². The number of amides is 1. The molecule has 0 aliphatic rings. The molecule has 2 aromatic carbocycles. The lowest BCUT2D eigenvalue weighted by atomic mass is 10.1. The Hall–Kier alpha value is -3.06. The molecule has 1 amide bonds. The van der Waals surface area contributed by atoms with Gasteiger partial charge in [-0.1, -0.05) is 52.9 Å². The first-order valence-electron chi connectivity index (χ1n) is 8.22. The van der Waals surface area contributed by atoms with Crippen LogP contribution in [-0.4, -0.2) is 25.9 Å². The van der Waals surface area contributed by atoms with Crippen molar-refractivity contribution in [1.82, 2.24) is 20.0 Å². The third kappa shape index (κ3) is 3.34. The number of thiazole rings is 1. The number of benzene rings is 2. The third-order valence-electron chi connectivity index (χ3n) is 4.01. The van der Waals surface area contributed by atoms with Gasteiger partial charge in [0.15, 0.2) is 10.8 Å².